The van der Waals surface area contributed by atoms with Crippen LogP contribution in [0.5, 0.6) is 0 Å². The van der Waals surface area contributed by atoms with Crippen molar-refractivity contribution in [1.29, 1.82) is 0 Å². The van der Waals surface area contributed by atoms with Crippen molar-refractivity contribution in [2.45, 2.75) is 6.10 Å². The van der Waals surface area contributed by atoms with Crippen molar-refractivity contribution < 1.29 is 14.3 Å². The highest BCUT2D eigenvalue weighted by molar-refractivity contribution is 7.10. The van der Waals surface area contributed by atoms with E-state index >= 15 is 0 Å². The average molecular weight is 265 g/mol. The number of carbonyl (C=O) groups excluding carboxylic acids is 1. The summed E-state index contributed by atoms with van der Waals surface area (Å²) in [5.41, 5.74) is -0.0177. The van der Waals surface area contributed by atoms with E-state index in [9.17, 15) is 14.3 Å². The number of aliphatic hydroxyl groups excluding tert-OH is 1. The topological polar surface area (TPSA) is 49.3 Å². The summed E-state index contributed by atoms with van der Waals surface area (Å²) in [4.78, 5) is 12.4. The van der Waals surface area contributed by atoms with E-state index in [1.165, 1.54) is 29.5 Å². The highest BCUT2D eigenvalue weighted by Gasteiger charge is 2.13. The van der Waals surface area contributed by atoms with E-state index in [2.05, 4.69) is 5.32 Å². The second kappa shape index (κ2) is 5.75. The number of benzene rings is 1. The van der Waals surface area contributed by atoms with E-state index in [-0.39, 0.29) is 12.1 Å². The van der Waals surface area contributed by atoms with Gasteiger partial charge in [-0.15, -0.1) is 11.3 Å². The molecule has 5 heteroatoms. The molecule has 1 aromatic heterocycles. The van der Waals surface area contributed by atoms with Crippen LogP contribution in [0.3, 0.4) is 0 Å². The molecule has 0 spiro atoms. The molecule has 0 aliphatic carbocycles. The Morgan fingerprint density at radius 3 is 2.78 bits per heavy atom. The predicted octanol–water partition coefficient (Wildman–Crippen LogP) is 2.35. The van der Waals surface area contributed by atoms with Gasteiger partial charge < -0.3 is 10.4 Å². The van der Waals surface area contributed by atoms with Crippen LogP contribution in [-0.2, 0) is 0 Å². The number of amides is 1. The van der Waals surface area contributed by atoms with Crippen molar-refractivity contribution in [3.8, 4) is 0 Å². The van der Waals surface area contributed by atoms with Gasteiger partial charge in [0.05, 0.1) is 5.56 Å². The van der Waals surface area contributed by atoms with Crippen molar-refractivity contribution >= 4 is 17.2 Å². The second-order valence-electron chi connectivity index (χ2n) is 3.72. The zero-order valence-corrected chi connectivity index (χ0v) is 10.3. The van der Waals surface area contributed by atoms with E-state index < -0.39 is 17.8 Å². The number of rotatable bonds is 4. The first-order valence-corrected chi connectivity index (χ1v) is 6.30. The average Bonchev–Trinajstić information content (AvgIpc) is 2.90. The summed E-state index contributed by atoms with van der Waals surface area (Å²) in [6.07, 6.45) is -0.763. The highest BCUT2D eigenvalue weighted by atomic mass is 32.1. The third-order valence-corrected chi connectivity index (χ3v) is 3.42. The van der Waals surface area contributed by atoms with E-state index in [4.69, 9.17) is 0 Å². The van der Waals surface area contributed by atoms with E-state index in [1.54, 1.807) is 12.1 Å². The van der Waals surface area contributed by atoms with Crippen molar-refractivity contribution in [1.82, 2.24) is 5.32 Å². The summed E-state index contributed by atoms with van der Waals surface area (Å²) in [5, 5.41) is 14.1. The summed E-state index contributed by atoms with van der Waals surface area (Å²) in [6, 6.07) is 9.35. The van der Waals surface area contributed by atoms with Crippen molar-refractivity contribution in [2.24, 2.45) is 0 Å². The fourth-order valence-electron chi connectivity index (χ4n) is 1.51. The number of thiophene rings is 1. The van der Waals surface area contributed by atoms with E-state index in [1.807, 2.05) is 11.4 Å². The van der Waals surface area contributed by atoms with Gasteiger partial charge in [0, 0.05) is 11.4 Å². The fourth-order valence-corrected chi connectivity index (χ4v) is 2.22. The molecular formula is C13H12FNO2S. The summed E-state index contributed by atoms with van der Waals surface area (Å²) >= 11 is 1.41. The number of aliphatic hydroxyl groups is 1. The molecule has 0 saturated heterocycles. The summed E-state index contributed by atoms with van der Waals surface area (Å²) in [5.74, 6) is -1.09. The van der Waals surface area contributed by atoms with Crippen molar-refractivity contribution in [3.63, 3.8) is 0 Å². The smallest absolute Gasteiger partial charge is 0.254 e. The Morgan fingerprint density at radius 2 is 2.11 bits per heavy atom. The van der Waals surface area contributed by atoms with Gasteiger partial charge in [0.2, 0.25) is 0 Å². The first-order valence-electron chi connectivity index (χ1n) is 5.42. The molecule has 18 heavy (non-hydrogen) atoms. The van der Waals surface area contributed by atoms with Crippen LogP contribution in [0.1, 0.15) is 21.3 Å². The van der Waals surface area contributed by atoms with Gasteiger partial charge in [0.15, 0.2) is 0 Å². The quantitative estimate of drug-likeness (QED) is 0.891. The zero-order chi connectivity index (χ0) is 13.0. The molecule has 0 unspecified atom stereocenters. The lowest BCUT2D eigenvalue weighted by Gasteiger charge is -2.10. The Labute approximate surface area is 108 Å². The van der Waals surface area contributed by atoms with Crippen LogP contribution in [-0.4, -0.2) is 17.6 Å². The Kier molecular flexibility index (Phi) is 4.07. The SMILES string of the molecule is O=C(NC[C@@H](O)c1cccs1)c1ccccc1F. The van der Waals surface area contributed by atoms with Crippen LogP contribution < -0.4 is 5.32 Å². The molecule has 94 valence electrons. The van der Waals surface area contributed by atoms with Crippen LogP contribution in [0.25, 0.3) is 0 Å². The van der Waals surface area contributed by atoms with Crippen molar-refractivity contribution in [2.75, 3.05) is 6.54 Å². The minimum Gasteiger partial charge on any atom is -0.386 e. The molecule has 2 N–H and O–H groups in total. The highest BCUT2D eigenvalue weighted by Crippen LogP contribution is 2.17. The maximum absolute atomic E-state index is 13.3. The largest absolute Gasteiger partial charge is 0.386 e. The molecule has 2 rings (SSSR count). The minimum absolute atomic E-state index is 0.0177. The molecule has 0 aliphatic heterocycles. The van der Waals surface area contributed by atoms with Gasteiger partial charge in [-0.3, -0.25) is 4.79 Å². The standard InChI is InChI=1S/C13H12FNO2S/c14-10-5-2-1-4-9(10)13(17)15-8-11(16)12-6-3-7-18-12/h1-7,11,16H,8H2,(H,15,17)/t11-/m1/s1. The number of carbonyl (C=O) groups is 1. The van der Waals surface area contributed by atoms with Gasteiger partial charge >= 0.3 is 0 Å². The number of halogens is 1. The molecule has 1 amide bonds. The predicted molar refractivity (Wildman–Crippen MR) is 68.0 cm³/mol. The molecule has 0 saturated carbocycles. The van der Waals surface area contributed by atoms with Crippen LogP contribution in [0.15, 0.2) is 41.8 Å². The molecule has 0 bridgehead atoms. The van der Waals surface area contributed by atoms with Crippen LogP contribution in [0, 0.1) is 5.82 Å². The second-order valence-corrected chi connectivity index (χ2v) is 4.70. The zero-order valence-electron chi connectivity index (χ0n) is 9.47. The van der Waals surface area contributed by atoms with Gasteiger partial charge in [0.25, 0.3) is 5.91 Å². The van der Waals surface area contributed by atoms with Gasteiger partial charge in [-0.2, -0.15) is 0 Å². The minimum atomic E-state index is -0.763. The van der Waals surface area contributed by atoms with Crippen LogP contribution in [0.2, 0.25) is 0 Å². The third-order valence-electron chi connectivity index (χ3n) is 2.45. The third kappa shape index (κ3) is 2.94. The lowest BCUT2D eigenvalue weighted by atomic mass is 10.2. The van der Waals surface area contributed by atoms with Gasteiger partial charge in [0.1, 0.15) is 11.9 Å². The molecule has 1 heterocycles. The van der Waals surface area contributed by atoms with Gasteiger partial charge in [-0.1, -0.05) is 18.2 Å². The monoisotopic (exact) mass is 265 g/mol. The molecule has 0 aliphatic rings. The lowest BCUT2D eigenvalue weighted by molar-refractivity contribution is 0.0914. The summed E-state index contributed by atoms with van der Waals surface area (Å²) in [6.45, 7) is 0.0632. The normalized spacial score (nSPS) is 12.1. The Bertz CT molecular complexity index is 528. The van der Waals surface area contributed by atoms with Gasteiger partial charge in [-0.05, 0) is 23.6 Å². The number of hydrogen-bond acceptors (Lipinski definition) is 3. The molecule has 2 aromatic rings. The van der Waals surface area contributed by atoms with E-state index in [0.29, 0.717) is 0 Å². The number of nitrogens with one attached hydrogen (secondary N) is 1. The molecule has 1 atom stereocenters. The van der Waals surface area contributed by atoms with Crippen LogP contribution >= 0.6 is 11.3 Å². The maximum Gasteiger partial charge on any atom is 0.254 e. The molecule has 0 fully saturated rings. The molecule has 0 radical (unpaired) electrons. The lowest BCUT2D eigenvalue weighted by Crippen LogP contribution is -2.28. The first-order chi connectivity index (χ1) is 8.68. The Balaban J connectivity index is 1.95. The molecule has 1 aromatic carbocycles. The Morgan fingerprint density at radius 1 is 1.33 bits per heavy atom. The van der Waals surface area contributed by atoms with Crippen LogP contribution in [0.4, 0.5) is 4.39 Å². The van der Waals surface area contributed by atoms with E-state index in [0.717, 1.165) is 4.88 Å². The van der Waals surface area contributed by atoms with Crippen molar-refractivity contribution in [3.05, 3.63) is 58.0 Å². The molecular weight excluding hydrogens is 253 g/mol. The molecule has 3 nitrogen and oxygen atoms in total. The Hall–Kier alpha value is -1.72. The summed E-state index contributed by atoms with van der Waals surface area (Å²) in [7, 11) is 0. The fraction of sp³-hybridized carbons (Fsp3) is 0.154. The first kappa shape index (κ1) is 12.7. The number of hydrogen-bond donors (Lipinski definition) is 2. The maximum atomic E-state index is 13.3. The summed E-state index contributed by atoms with van der Waals surface area (Å²) < 4.78 is 13.3. The van der Waals surface area contributed by atoms with Gasteiger partial charge in [-0.25, -0.2) is 4.39 Å².